The van der Waals surface area contributed by atoms with Crippen molar-refractivity contribution >= 4 is 0 Å². The van der Waals surface area contributed by atoms with Gasteiger partial charge in [-0.3, -0.25) is 0 Å². The highest BCUT2D eigenvalue weighted by Gasteiger charge is 2.09. The van der Waals surface area contributed by atoms with Crippen molar-refractivity contribution in [2.24, 2.45) is 5.73 Å². The maximum absolute atomic E-state index is 13.1. The van der Waals surface area contributed by atoms with E-state index in [9.17, 15) is 9.50 Å². The van der Waals surface area contributed by atoms with Gasteiger partial charge in [-0.2, -0.15) is 0 Å². The van der Waals surface area contributed by atoms with Crippen LogP contribution >= 0.6 is 0 Å². The van der Waals surface area contributed by atoms with Gasteiger partial charge in [-0.15, -0.1) is 0 Å². The van der Waals surface area contributed by atoms with Crippen molar-refractivity contribution in [2.75, 3.05) is 0 Å². The lowest BCUT2D eigenvalue weighted by atomic mass is 10.1. The standard InChI is InChI=1S/C9H12FNO/c1-5-3-8(10)7(6(2)11)4-9(5)12/h3-4,6,12H,11H2,1-2H3. The van der Waals surface area contributed by atoms with E-state index in [0.717, 1.165) is 0 Å². The molecule has 2 nitrogen and oxygen atoms in total. The van der Waals surface area contributed by atoms with E-state index in [2.05, 4.69) is 0 Å². The van der Waals surface area contributed by atoms with Crippen molar-refractivity contribution in [2.45, 2.75) is 19.9 Å². The summed E-state index contributed by atoms with van der Waals surface area (Å²) >= 11 is 0. The molecule has 3 heteroatoms. The fourth-order valence-corrected chi connectivity index (χ4v) is 1.03. The number of phenols is 1. The fourth-order valence-electron chi connectivity index (χ4n) is 1.03. The largest absolute Gasteiger partial charge is 0.508 e. The van der Waals surface area contributed by atoms with E-state index in [0.29, 0.717) is 11.1 Å². The van der Waals surface area contributed by atoms with Gasteiger partial charge in [0.05, 0.1) is 0 Å². The Kier molecular flexibility index (Phi) is 2.33. The maximum Gasteiger partial charge on any atom is 0.128 e. The summed E-state index contributed by atoms with van der Waals surface area (Å²) in [5.74, 6) is -0.274. The molecule has 12 heavy (non-hydrogen) atoms. The molecule has 0 saturated carbocycles. The quantitative estimate of drug-likeness (QED) is 0.674. The highest BCUT2D eigenvalue weighted by Crippen LogP contribution is 2.23. The second-order valence-electron chi connectivity index (χ2n) is 2.95. The van der Waals surface area contributed by atoms with Crippen LogP contribution in [-0.2, 0) is 0 Å². The monoisotopic (exact) mass is 169 g/mol. The molecular weight excluding hydrogens is 157 g/mol. The first-order chi connectivity index (χ1) is 5.52. The van der Waals surface area contributed by atoms with Gasteiger partial charge in [0.15, 0.2) is 0 Å². The maximum atomic E-state index is 13.1. The number of aryl methyl sites for hydroxylation is 1. The molecule has 0 fully saturated rings. The lowest BCUT2D eigenvalue weighted by Gasteiger charge is -2.08. The molecule has 0 heterocycles. The van der Waals surface area contributed by atoms with Crippen LogP contribution in [0.1, 0.15) is 24.1 Å². The Morgan fingerprint density at radius 3 is 2.58 bits per heavy atom. The van der Waals surface area contributed by atoms with Gasteiger partial charge < -0.3 is 10.8 Å². The summed E-state index contributed by atoms with van der Waals surface area (Å²) in [7, 11) is 0. The Morgan fingerprint density at radius 2 is 2.08 bits per heavy atom. The number of rotatable bonds is 1. The molecule has 0 aromatic heterocycles. The number of phenolic OH excluding ortho intramolecular Hbond substituents is 1. The van der Waals surface area contributed by atoms with Crippen LogP contribution in [-0.4, -0.2) is 5.11 Å². The van der Waals surface area contributed by atoms with Gasteiger partial charge in [-0.25, -0.2) is 4.39 Å². The number of halogens is 1. The molecule has 0 amide bonds. The van der Waals surface area contributed by atoms with Gasteiger partial charge in [0.2, 0.25) is 0 Å². The summed E-state index contributed by atoms with van der Waals surface area (Å²) in [6.45, 7) is 3.32. The minimum atomic E-state index is -0.392. The van der Waals surface area contributed by atoms with E-state index < -0.39 is 6.04 Å². The zero-order valence-corrected chi connectivity index (χ0v) is 7.13. The van der Waals surface area contributed by atoms with Crippen molar-refractivity contribution < 1.29 is 9.50 Å². The first-order valence-electron chi connectivity index (χ1n) is 3.77. The van der Waals surface area contributed by atoms with E-state index >= 15 is 0 Å². The van der Waals surface area contributed by atoms with E-state index in [1.807, 2.05) is 0 Å². The zero-order valence-electron chi connectivity index (χ0n) is 7.13. The summed E-state index contributed by atoms with van der Waals surface area (Å²) in [6.07, 6.45) is 0. The molecule has 0 aliphatic carbocycles. The highest BCUT2D eigenvalue weighted by molar-refractivity contribution is 5.37. The Morgan fingerprint density at radius 1 is 1.50 bits per heavy atom. The van der Waals surface area contributed by atoms with Crippen molar-refractivity contribution in [1.82, 2.24) is 0 Å². The Hall–Kier alpha value is -1.09. The molecule has 1 rings (SSSR count). The van der Waals surface area contributed by atoms with Crippen LogP contribution < -0.4 is 5.73 Å². The molecule has 1 aromatic carbocycles. The third kappa shape index (κ3) is 1.56. The molecule has 0 saturated heterocycles. The van der Waals surface area contributed by atoms with Crippen LogP contribution in [0.4, 0.5) is 4.39 Å². The van der Waals surface area contributed by atoms with Gasteiger partial charge in [0.25, 0.3) is 0 Å². The molecule has 0 aliphatic rings. The average Bonchev–Trinajstić information content (AvgIpc) is 1.96. The van der Waals surface area contributed by atoms with E-state index in [4.69, 9.17) is 5.73 Å². The van der Waals surface area contributed by atoms with E-state index in [1.54, 1.807) is 13.8 Å². The van der Waals surface area contributed by atoms with Crippen molar-refractivity contribution in [3.8, 4) is 5.75 Å². The van der Waals surface area contributed by atoms with Gasteiger partial charge in [-0.1, -0.05) is 0 Å². The normalized spacial score (nSPS) is 13.0. The average molecular weight is 169 g/mol. The lowest BCUT2D eigenvalue weighted by Crippen LogP contribution is -2.07. The summed E-state index contributed by atoms with van der Waals surface area (Å²) in [5.41, 5.74) is 6.35. The second-order valence-corrected chi connectivity index (χ2v) is 2.95. The lowest BCUT2D eigenvalue weighted by molar-refractivity contribution is 0.465. The zero-order chi connectivity index (χ0) is 9.30. The van der Waals surface area contributed by atoms with Gasteiger partial charge in [0.1, 0.15) is 11.6 Å². The minimum Gasteiger partial charge on any atom is -0.508 e. The van der Waals surface area contributed by atoms with Crippen LogP contribution in [0.25, 0.3) is 0 Å². The van der Waals surface area contributed by atoms with Crippen molar-refractivity contribution in [3.63, 3.8) is 0 Å². The van der Waals surface area contributed by atoms with Crippen molar-refractivity contribution in [3.05, 3.63) is 29.1 Å². The Balaban J connectivity index is 3.23. The first kappa shape index (κ1) is 9.00. The summed E-state index contributed by atoms with van der Waals surface area (Å²) in [5, 5.41) is 9.25. The third-order valence-electron chi connectivity index (χ3n) is 1.81. The van der Waals surface area contributed by atoms with Crippen molar-refractivity contribution in [1.29, 1.82) is 0 Å². The Bertz CT molecular complexity index is 297. The molecule has 3 N–H and O–H groups in total. The summed E-state index contributed by atoms with van der Waals surface area (Å²) in [4.78, 5) is 0. The van der Waals surface area contributed by atoms with Gasteiger partial charge >= 0.3 is 0 Å². The SMILES string of the molecule is Cc1cc(F)c(C(C)N)cc1O. The number of aromatic hydroxyl groups is 1. The third-order valence-corrected chi connectivity index (χ3v) is 1.81. The predicted molar refractivity (Wildman–Crippen MR) is 45.4 cm³/mol. The van der Waals surface area contributed by atoms with Gasteiger partial charge in [-0.05, 0) is 31.5 Å². The molecule has 0 aliphatic heterocycles. The molecule has 0 radical (unpaired) electrons. The molecule has 1 atom stereocenters. The first-order valence-corrected chi connectivity index (χ1v) is 3.77. The van der Waals surface area contributed by atoms with Crippen LogP contribution in [0.3, 0.4) is 0 Å². The second kappa shape index (κ2) is 3.11. The smallest absolute Gasteiger partial charge is 0.128 e. The molecular formula is C9H12FNO. The molecule has 0 spiro atoms. The van der Waals surface area contributed by atoms with Crippen LogP contribution in [0, 0.1) is 12.7 Å². The van der Waals surface area contributed by atoms with Crippen LogP contribution in [0.5, 0.6) is 5.75 Å². The molecule has 66 valence electrons. The molecule has 1 unspecified atom stereocenters. The summed E-state index contributed by atoms with van der Waals surface area (Å²) in [6, 6.07) is 2.26. The topological polar surface area (TPSA) is 46.2 Å². The van der Waals surface area contributed by atoms with E-state index in [1.165, 1.54) is 12.1 Å². The van der Waals surface area contributed by atoms with Crippen LogP contribution in [0.2, 0.25) is 0 Å². The summed E-state index contributed by atoms with van der Waals surface area (Å²) < 4.78 is 13.1. The Labute approximate surface area is 70.8 Å². The number of hydrogen-bond donors (Lipinski definition) is 2. The van der Waals surface area contributed by atoms with Gasteiger partial charge in [0, 0.05) is 11.6 Å². The predicted octanol–water partition coefficient (Wildman–Crippen LogP) is 1.86. The number of hydrogen-bond acceptors (Lipinski definition) is 2. The van der Waals surface area contributed by atoms with Crippen LogP contribution in [0.15, 0.2) is 12.1 Å². The molecule has 1 aromatic rings. The minimum absolute atomic E-state index is 0.0868. The van der Waals surface area contributed by atoms with E-state index in [-0.39, 0.29) is 11.6 Å². The fraction of sp³-hybridized carbons (Fsp3) is 0.333. The molecule has 0 bridgehead atoms. The number of benzene rings is 1. The number of nitrogens with two attached hydrogens (primary N) is 1. The highest BCUT2D eigenvalue weighted by atomic mass is 19.1.